The fraction of sp³-hybridized carbons (Fsp3) is 0.375. The molecule has 0 atom stereocenters. The van der Waals surface area contributed by atoms with E-state index in [4.69, 9.17) is 0 Å². The summed E-state index contributed by atoms with van der Waals surface area (Å²) in [7, 11) is -3.04. The summed E-state index contributed by atoms with van der Waals surface area (Å²) in [6.45, 7) is 0.194. The van der Waals surface area contributed by atoms with Gasteiger partial charge in [-0.3, -0.25) is 0 Å². The molecule has 1 aliphatic heterocycles. The third-order valence-electron chi connectivity index (χ3n) is 4.27. The lowest BCUT2D eigenvalue weighted by atomic mass is 9.96. The SMILES string of the molecule is N#Cc1c(NCC2(O)CCS(=O)(=O)CC2)cccc1-n1cccn1. The molecule has 7 nitrogen and oxygen atoms in total. The quantitative estimate of drug-likeness (QED) is 0.858. The highest BCUT2D eigenvalue weighted by molar-refractivity contribution is 7.91. The van der Waals surface area contributed by atoms with Gasteiger partial charge in [0.15, 0.2) is 9.84 Å². The van der Waals surface area contributed by atoms with Gasteiger partial charge in [0, 0.05) is 18.9 Å². The van der Waals surface area contributed by atoms with Gasteiger partial charge in [0.05, 0.1) is 28.5 Å². The summed E-state index contributed by atoms with van der Waals surface area (Å²) in [6.07, 6.45) is 3.78. The van der Waals surface area contributed by atoms with Gasteiger partial charge in [-0.2, -0.15) is 10.4 Å². The molecule has 2 aromatic rings. The van der Waals surface area contributed by atoms with E-state index in [0.717, 1.165) is 0 Å². The Hall–Kier alpha value is -2.37. The normalized spacial score (nSPS) is 18.7. The van der Waals surface area contributed by atoms with Crippen molar-refractivity contribution in [2.75, 3.05) is 23.4 Å². The van der Waals surface area contributed by atoms with Crippen LogP contribution in [0.2, 0.25) is 0 Å². The Bertz CT molecular complexity index is 855. The molecule has 0 bridgehead atoms. The van der Waals surface area contributed by atoms with Crippen molar-refractivity contribution >= 4 is 15.5 Å². The Balaban J connectivity index is 1.79. The first-order valence-corrected chi connectivity index (χ1v) is 9.44. The predicted molar refractivity (Wildman–Crippen MR) is 89.6 cm³/mol. The largest absolute Gasteiger partial charge is 0.388 e. The number of rotatable bonds is 4. The first kappa shape index (κ1) is 16.5. The number of hydrogen-bond donors (Lipinski definition) is 2. The standard InChI is InChI=1S/C16H18N4O3S/c17-11-13-14(3-1-4-15(13)20-8-2-7-19-20)18-12-16(21)5-9-24(22,23)10-6-16/h1-4,7-8,18,21H,5-6,9-10,12H2. The van der Waals surface area contributed by atoms with Crippen LogP contribution in [0.3, 0.4) is 0 Å². The van der Waals surface area contributed by atoms with Gasteiger partial charge in [-0.25, -0.2) is 13.1 Å². The molecule has 1 aliphatic rings. The van der Waals surface area contributed by atoms with Gasteiger partial charge in [-0.15, -0.1) is 0 Å². The number of nitrogens with one attached hydrogen (secondary N) is 1. The minimum atomic E-state index is -3.04. The number of nitrogens with zero attached hydrogens (tertiary/aromatic N) is 3. The average molecular weight is 346 g/mol. The molecule has 1 aromatic carbocycles. The molecule has 126 valence electrons. The zero-order chi connectivity index (χ0) is 17.2. The molecule has 0 aliphatic carbocycles. The molecule has 0 amide bonds. The number of benzene rings is 1. The second-order valence-corrected chi connectivity index (χ2v) is 8.30. The van der Waals surface area contributed by atoms with Crippen molar-refractivity contribution in [3.8, 4) is 11.8 Å². The van der Waals surface area contributed by atoms with Crippen molar-refractivity contribution in [3.05, 3.63) is 42.2 Å². The highest BCUT2D eigenvalue weighted by Crippen LogP contribution is 2.27. The maximum atomic E-state index is 11.5. The van der Waals surface area contributed by atoms with Crippen molar-refractivity contribution < 1.29 is 13.5 Å². The van der Waals surface area contributed by atoms with E-state index in [9.17, 15) is 18.8 Å². The minimum absolute atomic E-state index is 0.0103. The molecule has 1 aromatic heterocycles. The average Bonchev–Trinajstić information content (AvgIpc) is 3.10. The van der Waals surface area contributed by atoms with Gasteiger partial charge in [0.2, 0.25) is 0 Å². The van der Waals surface area contributed by atoms with Crippen LogP contribution in [-0.4, -0.2) is 47.0 Å². The van der Waals surface area contributed by atoms with E-state index in [1.165, 1.54) is 0 Å². The molecule has 0 radical (unpaired) electrons. The van der Waals surface area contributed by atoms with Crippen LogP contribution in [0.4, 0.5) is 5.69 Å². The Morgan fingerprint density at radius 2 is 2.08 bits per heavy atom. The molecule has 3 rings (SSSR count). The topological polar surface area (TPSA) is 108 Å². The summed E-state index contributed by atoms with van der Waals surface area (Å²) in [5.74, 6) is -0.0206. The molecular weight excluding hydrogens is 328 g/mol. The van der Waals surface area contributed by atoms with Crippen LogP contribution in [0.5, 0.6) is 0 Å². The number of hydrogen-bond acceptors (Lipinski definition) is 6. The lowest BCUT2D eigenvalue weighted by molar-refractivity contribution is 0.0436. The van der Waals surface area contributed by atoms with Gasteiger partial charge in [0.25, 0.3) is 0 Å². The lowest BCUT2D eigenvalue weighted by Crippen LogP contribution is -2.44. The Labute approximate surface area is 140 Å². The monoisotopic (exact) mass is 346 g/mol. The third-order valence-corrected chi connectivity index (χ3v) is 5.92. The second kappa shape index (κ2) is 6.26. The summed E-state index contributed by atoms with van der Waals surface area (Å²) in [4.78, 5) is 0. The van der Waals surface area contributed by atoms with E-state index in [1.54, 1.807) is 41.3 Å². The smallest absolute Gasteiger partial charge is 0.150 e. The summed E-state index contributed by atoms with van der Waals surface area (Å²) in [5.41, 5.74) is 0.575. The molecule has 8 heteroatoms. The summed E-state index contributed by atoms with van der Waals surface area (Å²) >= 11 is 0. The molecule has 0 spiro atoms. The molecule has 1 fully saturated rings. The van der Waals surface area contributed by atoms with Crippen molar-refractivity contribution in [1.82, 2.24) is 9.78 Å². The van der Waals surface area contributed by atoms with Crippen molar-refractivity contribution in [1.29, 1.82) is 5.26 Å². The fourth-order valence-electron chi connectivity index (χ4n) is 2.76. The number of aromatic nitrogens is 2. The zero-order valence-corrected chi connectivity index (χ0v) is 13.8. The van der Waals surface area contributed by atoms with E-state index >= 15 is 0 Å². The Kier molecular flexibility index (Phi) is 4.30. The van der Waals surface area contributed by atoms with Crippen molar-refractivity contribution in [3.63, 3.8) is 0 Å². The van der Waals surface area contributed by atoms with Crippen LogP contribution >= 0.6 is 0 Å². The van der Waals surface area contributed by atoms with Gasteiger partial charge in [-0.1, -0.05) is 6.07 Å². The molecule has 2 heterocycles. The predicted octanol–water partition coefficient (Wildman–Crippen LogP) is 1.10. The molecule has 2 N–H and O–H groups in total. The summed E-state index contributed by atoms with van der Waals surface area (Å²) in [5, 5.41) is 27.3. The second-order valence-electron chi connectivity index (χ2n) is 5.99. The van der Waals surface area contributed by atoms with Crippen LogP contribution in [0.1, 0.15) is 18.4 Å². The molecule has 24 heavy (non-hydrogen) atoms. The molecule has 0 unspecified atom stereocenters. The highest BCUT2D eigenvalue weighted by atomic mass is 32.2. The maximum Gasteiger partial charge on any atom is 0.150 e. The van der Waals surface area contributed by atoms with Crippen molar-refractivity contribution in [2.24, 2.45) is 0 Å². The zero-order valence-electron chi connectivity index (χ0n) is 13.0. The number of aliphatic hydroxyl groups is 1. The molecular formula is C16H18N4O3S. The first-order valence-electron chi connectivity index (χ1n) is 7.62. The van der Waals surface area contributed by atoms with Crippen molar-refractivity contribution in [2.45, 2.75) is 18.4 Å². The summed E-state index contributed by atoms with van der Waals surface area (Å²) in [6, 6.07) is 9.29. The summed E-state index contributed by atoms with van der Waals surface area (Å²) < 4.78 is 24.6. The number of sulfone groups is 1. The van der Waals surface area contributed by atoms with E-state index < -0.39 is 15.4 Å². The van der Waals surface area contributed by atoms with Crippen LogP contribution in [0.15, 0.2) is 36.7 Å². The Morgan fingerprint density at radius 3 is 2.71 bits per heavy atom. The van der Waals surface area contributed by atoms with Crippen LogP contribution < -0.4 is 5.32 Å². The molecule has 0 saturated carbocycles. The Morgan fingerprint density at radius 1 is 1.33 bits per heavy atom. The van der Waals surface area contributed by atoms with Gasteiger partial charge >= 0.3 is 0 Å². The van der Waals surface area contributed by atoms with Crippen LogP contribution in [-0.2, 0) is 9.84 Å². The van der Waals surface area contributed by atoms with Crippen LogP contribution in [0.25, 0.3) is 5.69 Å². The molecule has 1 saturated heterocycles. The minimum Gasteiger partial charge on any atom is -0.388 e. The fourth-order valence-corrected chi connectivity index (χ4v) is 4.35. The number of nitriles is 1. The van der Waals surface area contributed by atoms with E-state index in [0.29, 0.717) is 16.9 Å². The first-order chi connectivity index (χ1) is 11.4. The van der Waals surface area contributed by atoms with E-state index in [1.807, 2.05) is 0 Å². The third kappa shape index (κ3) is 3.42. The maximum absolute atomic E-state index is 11.5. The number of anilines is 1. The van der Waals surface area contributed by atoms with Gasteiger partial charge in [0.1, 0.15) is 11.6 Å². The highest BCUT2D eigenvalue weighted by Gasteiger charge is 2.35. The van der Waals surface area contributed by atoms with E-state index in [-0.39, 0.29) is 30.9 Å². The van der Waals surface area contributed by atoms with Gasteiger partial charge in [-0.05, 0) is 31.0 Å². The van der Waals surface area contributed by atoms with Gasteiger partial charge < -0.3 is 10.4 Å². The van der Waals surface area contributed by atoms with Crippen LogP contribution in [0, 0.1) is 11.3 Å². The van der Waals surface area contributed by atoms with E-state index in [2.05, 4.69) is 16.5 Å². The lowest BCUT2D eigenvalue weighted by Gasteiger charge is -2.32.